The molecular formula is C15H21NO3. The molecule has 0 aromatic heterocycles. The van der Waals surface area contributed by atoms with E-state index in [-0.39, 0.29) is 0 Å². The Morgan fingerprint density at radius 2 is 1.68 bits per heavy atom. The second-order valence-corrected chi connectivity index (χ2v) is 4.85. The molecule has 0 saturated carbocycles. The van der Waals surface area contributed by atoms with Crippen LogP contribution in [0.3, 0.4) is 0 Å². The van der Waals surface area contributed by atoms with E-state index >= 15 is 0 Å². The van der Waals surface area contributed by atoms with Crippen molar-refractivity contribution in [1.29, 1.82) is 0 Å². The van der Waals surface area contributed by atoms with Gasteiger partial charge in [-0.15, -0.1) is 0 Å². The zero-order valence-electron chi connectivity index (χ0n) is 12.2. The lowest BCUT2D eigenvalue weighted by Gasteiger charge is -2.17. The lowest BCUT2D eigenvalue weighted by molar-refractivity contribution is -0.157. The Morgan fingerprint density at radius 3 is 2.16 bits per heavy atom. The number of carbonyl (C=O) groups excluding carboxylic acids is 2. The summed E-state index contributed by atoms with van der Waals surface area (Å²) in [5.41, 5.74) is 4.90. The lowest BCUT2D eigenvalue weighted by Crippen LogP contribution is -2.35. The molecule has 0 saturated heterocycles. The largest absolute Gasteiger partial charge is 0.462 e. The highest BCUT2D eigenvalue weighted by molar-refractivity contribution is 6.32. The molecule has 0 atom stereocenters. The molecule has 0 aliphatic carbocycles. The number of hydrogen-bond donors (Lipinski definition) is 0. The van der Waals surface area contributed by atoms with Crippen LogP contribution in [0.5, 0.6) is 0 Å². The highest BCUT2D eigenvalue weighted by Gasteiger charge is 2.19. The number of rotatable bonds is 3. The number of nitrogens with zero attached hydrogens (tertiary/aromatic N) is 1. The summed E-state index contributed by atoms with van der Waals surface area (Å²) in [6, 6.07) is 4.26. The van der Waals surface area contributed by atoms with Crippen molar-refractivity contribution in [2.24, 2.45) is 0 Å². The zero-order valence-corrected chi connectivity index (χ0v) is 12.2. The first-order valence-electron chi connectivity index (χ1n) is 6.27. The SMILES string of the molecule is COC(=O)C(=O)N(C)CCc1c(C)cc(C)cc1C. The standard InChI is InChI=1S/C15H21NO3/c1-10-8-11(2)13(12(3)9-10)6-7-16(4)14(17)15(18)19-5/h8-9H,6-7H2,1-5H3. The van der Waals surface area contributed by atoms with E-state index in [0.29, 0.717) is 6.54 Å². The predicted octanol–water partition coefficient (Wildman–Crippen LogP) is 1.79. The highest BCUT2D eigenvalue weighted by Crippen LogP contribution is 2.17. The topological polar surface area (TPSA) is 46.6 Å². The summed E-state index contributed by atoms with van der Waals surface area (Å²) >= 11 is 0. The number of carbonyl (C=O) groups is 2. The number of ether oxygens (including phenoxy) is 1. The van der Waals surface area contributed by atoms with Gasteiger partial charge in [0.15, 0.2) is 0 Å². The lowest BCUT2D eigenvalue weighted by atomic mass is 9.97. The summed E-state index contributed by atoms with van der Waals surface area (Å²) in [6.45, 7) is 6.70. The molecule has 0 aliphatic heterocycles. The van der Waals surface area contributed by atoms with Gasteiger partial charge in [0, 0.05) is 13.6 Å². The van der Waals surface area contributed by atoms with Crippen LogP contribution in [0.25, 0.3) is 0 Å². The summed E-state index contributed by atoms with van der Waals surface area (Å²) in [7, 11) is 2.82. The molecule has 1 rings (SSSR count). The number of methoxy groups -OCH3 is 1. The van der Waals surface area contributed by atoms with Crippen molar-refractivity contribution in [3.63, 3.8) is 0 Å². The van der Waals surface area contributed by atoms with Gasteiger partial charge < -0.3 is 9.64 Å². The fraction of sp³-hybridized carbons (Fsp3) is 0.467. The summed E-state index contributed by atoms with van der Waals surface area (Å²) in [5.74, 6) is -1.43. The average molecular weight is 263 g/mol. The molecule has 0 aliphatic rings. The second-order valence-electron chi connectivity index (χ2n) is 4.85. The Bertz CT molecular complexity index is 471. The average Bonchev–Trinajstić information content (AvgIpc) is 2.35. The Morgan fingerprint density at radius 1 is 1.16 bits per heavy atom. The molecule has 1 amide bonds. The summed E-state index contributed by atoms with van der Waals surface area (Å²) in [6.07, 6.45) is 0.733. The van der Waals surface area contributed by atoms with E-state index in [2.05, 4.69) is 37.6 Å². The van der Waals surface area contributed by atoms with Crippen molar-refractivity contribution in [3.05, 3.63) is 34.4 Å². The summed E-state index contributed by atoms with van der Waals surface area (Å²) in [4.78, 5) is 24.1. The van der Waals surface area contributed by atoms with Crippen molar-refractivity contribution in [2.45, 2.75) is 27.2 Å². The highest BCUT2D eigenvalue weighted by atomic mass is 16.5. The molecule has 0 unspecified atom stereocenters. The van der Waals surface area contributed by atoms with Crippen molar-refractivity contribution in [2.75, 3.05) is 20.7 Å². The summed E-state index contributed by atoms with van der Waals surface area (Å²) < 4.78 is 4.42. The number of amides is 1. The van der Waals surface area contributed by atoms with E-state index in [0.717, 1.165) is 6.42 Å². The maximum absolute atomic E-state index is 11.6. The van der Waals surface area contributed by atoms with Crippen LogP contribution in [-0.4, -0.2) is 37.5 Å². The minimum atomic E-state index is -0.820. The van der Waals surface area contributed by atoms with Crippen LogP contribution in [0.1, 0.15) is 22.3 Å². The third-order valence-corrected chi connectivity index (χ3v) is 3.24. The molecule has 0 heterocycles. The third kappa shape index (κ3) is 3.81. The molecular weight excluding hydrogens is 242 g/mol. The van der Waals surface area contributed by atoms with Gasteiger partial charge in [-0.2, -0.15) is 0 Å². The van der Waals surface area contributed by atoms with Crippen LogP contribution in [0, 0.1) is 20.8 Å². The van der Waals surface area contributed by atoms with Gasteiger partial charge in [-0.05, 0) is 43.9 Å². The molecule has 0 spiro atoms. The zero-order chi connectivity index (χ0) is 14.6. The Hall–Kier alpha value is -1.84. The first-order chi connectivity index (χ1) is 8.86. The number of likely N-dealkylation sites (N-methyl/N-ethyl adjacent to an activating group) is 1. The molecule has 104 valence electrons. The number of aryl methyl sites for hydroxylation is 3. The van der Waals surface area contributed by atoms with Gasteiger partial charge in [-0.3, -0.25) is 4.79 Å². The fourth-order valence-corrected chi connectivity index (χ4v) is 2.23. The van der Waals surface area contributed by atoms with Crippen molar-refractivity contribution < 1.29 is 14.3 Å². The van der Waals surface area contributed by atoms with E-state index in [1.165, 1.54) is 34.3 Å². The van der Waals surface area contributed by atoms with Crippen molar-refractivity contribution in [3.8, 4) is 0 Å². The monoisotopic (exact) mass is 263 g/mol. The molecule has 0 bridgehead atoms. The van der Waals surface area contributed by atoms with Gasteiger partial charge in [-0.1, -0.05) is 17.7 Å². The van der Waals surface area contributed by atoms with Gasteiger partial charge in [0.2, 0.25) is 0 Å². The van der Waals surface area contributed by atoms with Crippen molar-refractivity contribution >= 4 is 11.9 Å². The Kier molecular flexibility index (Phi) is 5.10. The number of hydrogen-bond acceptors (Lipinski definition) is 3. The smallest absolute Gasteiger partial charge is 0.396 e. The van der Waals surface area contributed by atoms with E-state index in [4.69, 9.17) is 0 Å². The second kappa shape index (κ2) is 6.36. The molecule has 1 aromatic rings. The van der Waals surface area contributed by atoms with Gasteiger partial charge in [0.05, 0.1) is 7.11 Å². The first kappa shape index (κ1) is 15.2. The quantitative estimate of drug-likeness (QED) is 0.617. The fourth-order valence-electron chi connectivity index (χ4n) is 2.23. The molecule has 0 radical (unpaired) electrons. The number of esters is 1. The summed E-state index contributed by atoms with van der Waals surface area (Å²) in [5, 5.41) is 0. The van der Waals surface area contributed by atoms with E-state index in [1.807, 2.05) is 0 Å². The van der Waals surface area contributed by atoms with Crippen molar-refractivity contribution in [1.82, 2.24) is 4.90 Å². The van der Waals surface area contributed by atoms with Gasteiger partial charge in [0.1, 0.15) is 0 Å². The van der Waals surface area contributed by atoms with Gasteiger partial charge in [0.25, 0.3) is 0 Å². The van der Waals surface area contributed by atoms with E-state index < -0.39 is 11.9 Å². The Balaban J connectivity index is 2.72. The normalized spacial score (nSPS) is 10.2. The first-order valence-corrected chi connectivity index (χ1v) is 6.27. The predicted molar refractivity (Wildman–Crippen MR) is 74.0 cm³/mol. The molecule has 1 aromatic carbocycles. The maximum atomic E-state index is 11.6. The minimum Gasteiger partial charge on any atom is -0.462 e. The van der Waals surface area contributed by atoms with Crippen LogP contribution in [0.4, 0.5) is 0 Å². The van der Waals surface area contributed by atoms with Crippen LogP contribution < -0.4 is 0 Å². The van der Waals surface area contributed by atoms with Crippen LogP contribution in [0.15, 0.2) is 12.1 Å². The van der Waals surface area contributed by atoms with Gasteiger partial charge in [-0.25, -0.2) is 4.79 Å². The molecule has 4 nitrogen and oxygen atoms in total. The molecule has 19 heavy (non-hydrogen) atoms. The van der Waals surface area contributed by atoms with Gasteiger partial charge >= 0.3 is 11.9 Å². The third-order valence-electron chi connectivity index (χ3n) is 3.24. The van der Waals surface area contributed by atoms with E-state index in [1.54, 1.807) is 7.05 Å². The molecule has 4 heteroatoms. The molecule has 0 fully saturated rings. The van der Waals surface area contributed by atoms with Crippen LogP contribution in [-0.2, 0) is 20.7 Å². The minimum absolute atomic E-state index is 0.499. The van der Waals surface area contributed by atoms with Crippen LogP contribution in [0.2, 0.25) is 0 Å². The Labute approximate surface area is 114 Å². The molecule has 0 N–H and O–H groups in total. The maximum Gasteiger partial charge on any atom is 0.396 e. The number of benzene rings is 1. The van der Waals surface area contributed by atoms with E-state index in [9.17, 15) is 9.59 Å². The van der Waals surface area contributed by atoms with Crippen LogP contribution >= 0.6 is 0 Å².